The van der Waals surface area contributed by atoms with Crippen molar-refractivity contribution in [1.29, 1.82) is 0 Å². The molecule has 2 aromatic carbocycles. The standard InChI is InChI=1S/C30H38ClN3O6/c1-20(23-9-11-25(31)12-10-23)33(17-21-4-7-24(8-5-21)29(36)37)18-22-6-13-26(27(16-22)39-3)40-15-14-34-28(35)19-32(2)30(34)38/h6,9-13,16,20-21,24H,4-5,7-8,14-15,17-19H2,1-3H3,(H,36,37)/t20-,21?,24?/m0/s1. The SMILES string of the molecule is COc1cc(CN(CC2CCC(C(=O)O)CC2)[C@@H](C)c2ccc(Cl)cc2)ccc1OCCN1C(=O)CN(C)C1=O. The number of methoxy groups -OCH3 is 1. The monoisotopic (exact) mass is 571 g/mol. The minimum atomic E-state index is -0.690. The lowest BCUT2D eigenvalue weighted by Crippen LogP contribution is -2.35. The number of amides is 3. The topological polar surface area (TPSA) is 99.6 Å². The number of aliphatic carboxylic acids is 1. The Balaban J connectivity index is 1.44. The number of benzene rings is 2. The lowest BCUT2D eigenvalue weighted by molar-refractivity contribution is -0.143. The number of carbonyl (C=O) groups is 3. The molecule has 0 spiro atoms. The normalized spacial score (nSPS) is 20.2. The van der Waals surface area contributed by atoms with Crippen molar-refractivity contribution in [3.8, 4) is 11.5 Å². The number of carboxylic acids is 1. The fourth-order valence-electron chi connectivity index (χ4n) is 5.54. The van der Waals surface area contributed by atoms with Gasteiger partial charge >= 0.3 is 12.0 Å². The number of urea groups is 1. The highest BCUT2D eigenvalue weighted by molar-refractivity contribution is 6.30. The third-order valence-corrected chi connectivity index (χ3v) is 8.26. The average Bonchev–Trinajstić information content (AvgIpc) is 3.19. The van der Waals surface area contributed by atoms with Crippen LogP contribution in [0.5, 0.6) is 11.5 Å². The van der Waals surface area contributed by atoms with Crippen LogP contribution in [0.1, 0.15) is 49.8 Å². The van der Waals surface area contributed by atoms with Crippen molar-refractivity contribution in [2.24, 2.45) is 11.8 Å². The predicted molar refractivity (Wildman–Crippen MR) is 152 cm³/mol. The summed E-state index contributed by atoms with van der Waals surface area (Å²) in [5, 5.41) is 10.1. The van der Waals surface area contributed by atoms with Crippen molar-refractivity contribution < 1.29 is 29.0 Å². The van der Waals surface area contributed by atoms with Gasteiger partial charge in [0.2, 0.25) is 5.91 Å². The zero-order chi connectivity index (χ0) is 28.8. The summed E-state index contributed by atoms with van der Waals surface area (Å²) in [5.41, 5.74) is 2.21. The summed E-state index contributed by atoms with van der Waals surface area (Å²) in [6, 6.07) is 13.5. The van der Waals surface area contributed by atoms with E-state index in [2.05, 4.69) is 11.8 Å². The van der Waals surface area contributed by atoms with Crippen LogP contribution < -0.4 is 9.47 Å². The highest BCUT2D eigenvalue weighted by Crippen LogP contribution is 2.34. The zero-order valence-electron chi connectivity index (χ0n) is 23.3. The van der Waals surface area contributed by atoms with Gasteiger partial charge < -0.3 is 19.5 Å². The van der Waals surface area contributed by atoms with Crippen LogP contribution in [0.4, 0.5) is 4.79 Å². The molecule has 1 N–H and O–H groups in total. The van der Waals surface area contributed by atoms with E-state index in [1.807, 2.05) is 42.5 Å². The van der Waals surface area contributed by atoms with Crippen LogP contribution in [0.2, 0.25) is 5.02 Å². The number of hydrogen-bond donors (Lipinski definition) is 1. The average molecular weight is 572 g/mol. The molecule has 2 aliphatic rings. The Morgan fingerprint density at radius 3 is 2.40 bits per heavy atom. The van der Waals surface area contributed by atoms with Crippen molar-refractivity contribution in [3.05, 3.63) is 58.6 Å². The van der Waals surface area contributed by atoms with Gasteiger partial charge in [-0.3, -0.25) is 19.4 Å². The van der Waals surface area contributed by atoms with Gasteiger partial charge in [0.05, 0.1) is 19.6 Å². The third-order valence-electron chi connectivity index (χ3n) is 8.01. The predicted octanol–water partition coefficient (Wildman–Crippen LogP) is 5.08. The van der Waals surface area contributed by atoms with Crippen molar-refractivity contribution in [3.63, 3.8) is 0 Å². The van der Waals surface area contributed by atoms with E-state index in [1.54, 1.807) is 14.2 Å². The largest absolute Gasteiger partial charge is 0.493 e. The van der Waals surface area contributed by atoms with Gasteiger partial charge in [-0.25, -0.2) is 4.79 Å². The van der Waals surface area contributed by atoms with Crippen molar-refractivity contribution in [2.45, 2.75) is 45.2 Å². The van der Waals surface area contributed by atoms with Gasteiger partial charge in [-0.15, -0.1) is 0 Å². The summed E-state index contributed by atoms with van der Waals surface area (Å²) in [6.07, 6.45) is 3.23. The maximum atomic E-state index is 12.1. The summed E-state index contributed by atoms with van der Waals surface area (Å²) >= 11 is 6.14. The summed E-state index contributed by atoms with van der Waals surface area (Å²) in [5.74, 6) is 0.385. The number of halogens is 1. The minimum Gasteiger partial charge on any atom is -0.493 e. The molecule has 0 radical (unpaired) electrons. The number of ether oxygens (including phenoxy) is 2. The van der Waals surface area contributed by atoms with E-state index in [0.717, 1.165) is 30.5 Å². The Kier molecular flexibility index (Phi) is 9.92. The number of rotatable bonds is 12. The number of likely N-dealkylation sites (N-methyl/N-ethyl adjacent to an activating group) is 1. The molecular weight excluding hydrogens is 534 g/mol. The van der Waals surface area contributed by atoms with E-state index >= 15 is 0 Å². The number of carbonyl (C=O) groups excluding carboxylic acids is 2. The van der Waals surface area contributed by atoms with E-state index in [9.17, 15) is 19.5 Å². The van der Waals surface area contributed by atoms with E-state index in [1.165, 1.54) is 9.80 Å². The number of imide groups is 1. The molecule has 9 nitrogen and oxygen atoms in total. The smallest absolute Gasteiger partial charge is 0.327 e. The van der Waals surface area contributed by atoms with Gasteiger partial charge in [-0.1, -0.05) is 29.8 Å². The lowest BCUT2D eigenvalue weighted by Gasteiger charge is -2.35. The van der Waals surface area contributed by atoms with Gasteiger partial charge in [0.1, 0.15) is 13.2 Å². The highest BCUT2D eigenvalue weighted by atomic mass is 35.5. The second kappa shape index (κ2) is 13.4. The molecule has 1 saturated heterocycles. The molecule has 0 unspecified atom stereocenters. The second-order valence-electron chi connectivity index (χ2n) is 10.7. The summed E-state index contributed by atoms with van der Waals surface area (Å²) < 4.78 is 11.5. The van der Waals surface area contributed by atoms with Gasteiger partial charge in [0.25, 0.3) is 0 Å². The molecule has 0 bridgehead atoms. The maximum Gasteiger partial charge on any atom is 0.327 e. The van der Waals surface area contributed by atoms with Crippen LogP contribution in [0.25, 0.3) is 0 Å². The van der Waals surface area contributed by atoms with Crippen molar-refractivity contribution >= 4 is 29.5 Å². The van der Waals surface area contributed by atoms with E-state index < -0.39 is 5.97 Å². The maximum absolute atomic E-state index is 12.1. The molecule has 2 fully saturated rings. The lowest BCUT2D eigenvalue weighted by atomic mass is 9.81. The number of nitrogens with zero attached hydrogens (tertiary/aromatic N) is 3. The molecule has 1 aliphatic heterocycles. The highest BCUT2D eigenvalue weighted by Gasteiger charge is 2.33. The van der Waals surface area contributed by atoms with Crippen LogP contribution in [0, 0.1) is 11.8 Å². The third kappa shape index (κ3) is 7.26. The van der Waals surface area contributed by atoms with Gasteiger partial charge in [-0.2, -0.15) is 0 Å². The molecule has 0 aromatic heterocycles. The number of hydrogen-bond acceptors (Lipinski definition) is 6. The molecule has 1 saturated carbocycles. The fourth-order valence-corrected chi connectivity index (χ4v) is 5.66. The first kappa shape index (κ1) is 29.7. The van der Waals surface area contributed by atoms with E-state index in [-0.39, 0.29) is 43.6 Å². The van der Waals surface area contributed by atoms with Gasteiger partial charge in [-0.05, 0) is 73.9 Å². The summed E-state index contributed by atoms with van der Waals surface area (Å²) in [4.78, 5) is 40.5. The molecule has 2 aromatic rings. The molecule has 40 heavy (non-hydrogen) atoms. The van der Waals surface area contributed by atoms with Crippen LogP contribution in [-0.4, -0.2) is 78.1 Å². The first-order valence-electron chi connectivity index (χ1n) is 13.7. The van der Waals surface area contributed by atoms with Crippen LogP contribution in [-0.2, 0) is 16.1 Å². The Labute approximate surface area is 240 Å². The molecule has 216 valence electrons. The Bertz CT molecular complexity index is 1200. The number of carboxylic acid groups (broad SMARTS) is 1. The van der Waals surface area contributed by atoms with Crippen molar-refractivity contribution in [2.75, 3.05) is 40.4 Å². The van der Waals surface area contributed by atoms with Gasteiger partial charge in [0, 0.05) is 31.2 Å². The fraction of sp³-hybridized carbons (Fsp3) is 0.500. The Morgan fingerprint density at radius 2 is 1.80 bits per heavy atom. The molecule has 1 aliphatic carbocycles. The minimum absolute atomic E-state index is 0.0861. The summed E-state index contributed by atoms with van der Waals surface area (Å²) in [7, 11) is 3.18. The molecule has 4 rings (SSSR count). The summed E-state index contributed by atoms with van der Waals surface area (Å²) in [6.45, 7) is 4.12. The van der Waals surface area contributed by atoms with Crippen molar-refractivity contribution in [1.82, 2.24) is 14.7 Å². The van der Waals surface area contributed by atoms with E-state index in [4.69, 9.17) is 21.1 Å². The Hall–Kier alpha value is -3.30. The van der Waals surface area contributed by atoms with Gasteiger partial charge in [0.15, 0.2) is 11.5 Å². The first-order valence-corrected chi connectivity index (χ1v) is 14.1. The van der Waals surface area contributed by atoms with Crippen LogP contribution in [0.3, 0.4) is 0 Å². The second-order valence-corrected chi connectivity index (χ2v) is 11.2. The molecular formula is C30H38ClN3O6. The Morgan fingerprint density at radius 1 is 1.10 bits per heavy atom. The molecule has 3 amide bonds. The molecule has 1 heterocycles. The first-order chi connectivity index (χ1) is 19.2. The quantitative estimate of drug-likeness (QED) is 0.355. The molecule has 10 heteroatoms. The van der Waals surface area contributed by atoms with E-state index in [0.29, 0.717) is 41.8 Å². The van der Waals surface area contributed by atoms with Crippen LogP contribution in [0.15, 0.2) is 42.5 Å². The van der Waals surface area contributed by atoms with Crippen LogP contribution >= 0.6 is 11.6 Å². The zero-order valence-corrected chi connectivity index (χ0v) is 24.1. The molecule has 1 atom stereocenters.